The maximum atomic E-state index is 13.3. The number of hydrogen-bond donors (Lipinski definition) is 1. The molecule has 34 heavy (non-hydrogen) atoms. The monoisotopic (exact) mass is 463 g/mol. The molecule has 0 bridgehead atoms. The lowest BCUT2D eigenvalue weighted by Crippen LogP contribution is -2.44. The van der Waals surface area contributed by atoms with Crippen LogP contribution in [0.4, 0.5) is 5.69 Å². The van der Waals surface area contributed by atoms with Gasteiger partial charge in [0.2, 0.25) is 0 Å². The Morgan fingerprint density at radius 1 is 1.06 bits per heavy atom. The summed E-state index contributed by atoms with van der Waals surface area (Å²) in [6.07, 6.45) is 6.77. The molecule has 1 fully saturated rings. The van der Waals surface area contributed by atoms with Crippen molar-refractivity contribution in [2.24, 2.45) is 0 Å². The molecule has 1 N–H and O–H groups in total. The van der Waals surface area contributed by atoms with Crippen molar-refractivity contribution < 1.29 is 14.6 Å². The van der Waals surface area contributed by atoms with Crippen molar-refractivity contribution in [1.82, 2.24) is 9.80 Å². The van der Waals surface area contributed by atoms with E-state index >= 15 is 0 Å². The number of benzene rings is 2. The van der Waals surface area contributed by atoms with Crippen molar-refractivity contribution >= 4 is 11.6 Å². The molecule has 2 aromatic carbocycles. The van der Waals surface area contributed by atoms with Crippen LogP contribution in [-0.4, -0.2) is 72.8 Å². The molecule has 1 atom stereocenters. The first-order valence-corrected chi connectivity index (χ1v) is 12.8. The minimum absolute atomic E-state index is 0.0533. The SMILES string of the molecule is CN(c1ccc2c(c1)OCCN(C[C@H](O)CN1CCc3ccccc3C1)C2=O)C1CCCCC1. The molecule has 0 spiro atoms. The standard InChI is InChI=1S/C28H37N3O3/c1-29(23-9-3-2-4-10-23)24-11-12-26-27(17-24)34-16-15-31(28(26)33)20-25(32)19-30-14-13-21-7-5-6-8-22(21)18-30/h5-8,11-12,17,23,25,32H,2-4,9-10,13-16,18-20H2,1H3/t25-/m1/s1. The van der Waals surface area contributed by atoms with Crippen molar-refractivity contribution in [2.45, 2.75) is 57.2 Å². The molecule has 3 aliphatic rings. The van der Waals surface area contributed by atoms with Gasteiger partial charge in [-0.25, -0.2) is 0 Å². The Labute approximate surface area is 203 Å². The van der Waals surface area contributed by atoms with Gasteiger partial charge in [-0.3, -0.25) is 9.69 Å². The van der Waals surface area contributed by atoms with E-state index in [4.69, 9.17) is 4.74 Å². The Morgan fingerprint density at radius 2 is 1.85 bits per heavy atom. The largest absolute Gasteiger partial charge is 0.491 e. The number of ether oxygens (including phenoxy) is 1. The fraction of sp³-hybridized carbons (Fsp3) is 0.536. The topological polar surface area (TPSA) is 56.2 Å². The van der Waals surface area contributed by atoms with Gasteiger partial charge in [0.25, 0.3) is 5.91 Å². The van der Waals surface area contributed by atoms with Crippen molar-refractivity contribution in [2.75, 3.05) is 44.7 Å². The lowest BCUT2D eigenvalue weighted by Gasteiger charge is -2.33. The summed E-state index contributed by atoms with van der Waals surface area (Å²) < 4.78 is 6.02. The molecule has 0 saturated heterocycles. The van der Waals surface area contributed by atoms with Crippen LogP contribution in [0, 0.1) is 0 Å². The third-order valence-corrected chi connectivity index (χ3v) is 7.74. The predicted molar refractivity (Wildman–Crippen MR) is 135 cm³/mol. The summed E-state index contributed by atoms with van der Waals surface area (Å²) >= 11 is 0. The first kappa shape index (κ1) is 23.2. The van der Waals surface area contributed by atoms with Gasteiger partial charge in [-0.05, 0) is 42.5 Å². The molecule has 0 unspecified atom stereocenters. The zero-order valence-corrected chi connectivity index (χ0v) is 20.3. The second kappa shape index (κ2) is 10.4. The molecular weight excluding hydrogens is 426 g/mol. The van der Waals surface area contributed by atoms with Crippen LogP contribution in [0.5, 0.6) is 5.75 Å². The van der Waals surface area contributed by atoms with Crippen LogP contribution in [0.25, 0.3) is 0 Å². The molecule has 2 heterocycles. The van der Waals surface area contributed by atoms with E-state index < -0.39 is 6.10 Å². The van der Waals surface area contributed by atoms with Gasteiger partial charge in [-0.2, -0.15) is 0 Å². The van der Waals surface area contributed by atoms with E-state index in [9.17, 15) is 9.90 Å². The summed E-state index contributed by atoms with van der Waals surface area (Å²) in [5, 5.41) is 10.8. The van der Waals surface area contributed by atoms with Crippen LogP contribution in [0.15, 0.2) is 42.5 Å². The van der Waals surface area contributed by atoms with Gasteiger partial charge < -0.3 is 19.6 Å². The summed E-state index contributed by atoms with van der Waals surface area (Å²) in [4.78, 5) is 19.7. The third-order valence-electron chi connectivity index (χ3n) is 7.74. The van der Waals surface area contributed by atoms with E-state index in [-0.39, 0.29) is 5.91 Å². The van der Waals surface area contributed by atoms with E-state index in [2.05, 4.69) is 41.1 Å². The average molecular weight is 464 g/mol. The van der Waals surface area contributed by atoms with Crippen molar-refractivity contribution in [3.05, 3.63) is 59.2 Å². The maximum Gasteiger partial charge on any atom is 0.257 e. The number of carbonyl (C=O) groups excluding carboxylic acids is 1. The molecule has 5 rings (SSSR count). The summed E-state index contributed by atoms with van der Waals surface area (Å²) in [5.74, 6) is 0.609. The Hall–Kier alpha value is -2.57. The number of aliphatic hydroxyl groups is 1. The van der Waals surface area contributed by atoms with Gasteiger partial charge in [0, 0.05) is 51.0 Å². The smallest absolute Gasteiger partial charge is 0.257 e. The number of hydrogen-bond acceptors (Lipinski definition) is 5. The number of amides is 1. The predicted octanol–water partition coefficient (Wildman–Crippen LogP) is 3.71. The zero-order chi connectivity index (χ0) is 23.5. The number of aliphatic hydroxyl groups excluding tert-OH is 1. The molecular formula is C28H37N3O3. The fourth-order valence-electron chi connectivity index (χ4n) is 5.74. The molecule has 0 aromatic heterocycles. The second-order valence-corrected chi connectivity index (χ2v) is 10.1. The van der Waals surface area contributed by atoms with Crippen molar-refractivity contribution in [1.29, 1.82) is 0 Å². The van der Waals surface area contributed by atoms with E-state index in [0.29, 0.717) is 43.6 Å². The highest BCUT2D eigenvalue weighted by atomic mass is 16.5. The number of fused-ring (bicyclic) bond motifs is 2. The highest BCUT2D eigenvalue weighted by molar-refractivity contribution is 5.97. The molecule has 0 radical (unpaired) electrons. The fourth-order valence-corrected chi connectivity index (χ4v) is 5.74. The Kier molecular flexibility index (Phi) is 7.07. The summed E-state index contributed by atoms with van der Waals surface area (Å²) in [7, 11) is 2.15. The van der Waals surface area contributed by atoms with Crippen LogP contribution < -0.4 is 9.64 Å². The number of rotatable bonds is 6. The second-order valence-electron chi connectivity index (χ2n) is 10.1. The van der Waals surface area contributed by atoms with Gasteiger partial charge in [-0.15, -0.1) is 0 Å². The van der Waals surface area contributed by atoms with Crippen LogP contribution >= 0.6 is 0 Å². The van der Waals surface area contributed by atoms with Crippen LogP contribution in [-0.2, 0) is 13.0 Å². The number of nitrogens with zero attached hydrogens (tertiary/aromatic N) is 3. The molecule has 6 heteroatoms. The van der Waals surface area contributed by atoms with Crippen LogP contribution in [0.3, 0.4) is 0 Å². The lowest BCUT2D eigenvalue weighted by atomic mass is 9.94. The Balaban J connectivity index is 1.21. The Morgan fingerprint density at radius 3 is 2.68 bits per heavy atom. The third kappa shape index (κ3) is 5.08. The number of anilines is 1. The number of carbonyl (C=O) groups is 1. The molecule has 6 nitrogen and oxygen atoms in total. The first-order valence-electron chi connectivity index (χ1n) is 12.8. The van der Waals surface area contributed by atoms with Gasteiger partial charge >= 0.3 is 0 Å². The van der Waals surface area contributed by atoms with Crippen LogP contribution in [0.2, 0.25) is 0 Å². The molecule has 182 valence electrons. The molecule has 2 aliphatic heterocycles. The summed E-state index contributed by atoms with van der Waals surface area (Å²) in [6.45, 7) is 3.61. The van der Waals surface area contributed by atoms with E-state index in [0.717, 1.165) is 25.2 Å². The minimum Gasteiger partial charge on any atom is -0.491 e. The van der Waals surface area contributed by atoms with Crippen LogP contribution in [0.1, 0.15) is 53.6 Å². The molecule has 1 saturated carbocycles. The highest BCUT2D eigenvalue weighted by Gasteiger charge is 2.28. The van der Waals surface area contributed by atoms with Gasteiger partial charge in [0.15, 0.2) is 0 Å². The zero-order valence-electron chi connectivity index (χ0n) is 20.3. The maximum absolute atomic E-state index is 13.3. The summed E-state index contributed by atoms with van der Waals surface area (Å²) in [5.41, 5.74) is 4.44. The molecule has 2 aromatic rings. The molecule has 1 amide bonds. The first-order chi connectivity index (χ1) is 16.6. The number of β-amino-alcohol motifs (C(OH)–C–C–N with tert-alkyl or cyclic N) is 1. The van der Waals surface area contributed by atoms with Gasteiger partial charge in [0.05, 0.1) is 18.2 Å². The van der Waals surface area contributed by atoms with E-state index in [1.807, 2.05) is 18.2 Å². The lowest BCUT2D eigenvalue weighted by molar-refractivity contribution is 0.0501. The van der Waals surface area contributed by atoms with Gasteiger partial charge in [-0.1, -0.05) is 43.5 Å². The van der Waals surface area contributed by atoms with E-state index in [1.54, 1.807) is 4.90 Å². The van der Waals surface area contributed by atoms with Crippen molar-refractivity contribution in [3.63, 3.8) is 0 Å². The van der Waals surface area contributed by atoms with Crippen molar-refractivity contribution in [3.8, 4) is 5.75 Å². The Bertz CT molecular complexity index is 1000. The summed E-state index contributed by atoms with van der Waals surface area (Å²) in [6, 6.07) is 15.0. The molecule has 1 aliphatic carbocycles. The normalized spacial score (nSPS) is 20.2. The highest BCUT2D eigenvalue weighted by Crippen LogP contribution is 2.32. The van der Waals surface area contributed by atoms with Gasteiger partial charge in [0.1, 0.15) is 12.4 Å². The quantitative estimate of drug-likeness (QED) is 0.708. The minimum atomic E-state index is -0.590. The average Bonchev–Trinajstić information content (AvgIpc) is 3.02. The van der Waals surface area contributed by atoms with E-state index in [1.165, 1.54) is 43.2 Å².